The summed E-state index contributed by atoms with van der Waals surface area (Å²) in [6.07, 6.45) is 5.07. The second kappa shape index (κ2) is 14.1. The number of amides is 3. The van der Waals surface area contributed by atoms with Crippen LogP contribution in [0.1, 0.15) is 52.9 Å². The molecule has 4 N–H and O–H groups in total. The first-order valence-corrected chi connectivity index (χ1v) is 13.8. The maximum absolute atomic E-state index is 13.3. The van der Waals surface area contributed by atoms with E-state index in [1.54, 1.807) is 0 Å². The third-order valence-corrected chi connectivity index (χ3v) is 7.74. The molecule has 2 heterocycles. The van der Waals surface area contributed by atoms with Crippen LogP contribution in [-0.4, -0.2) is 68.5 Å². The quantitative estimate of drug-likeness (QED) is 0.258. The Morgan fingerprint density at radius 2 is 1.61 bits per heavy atom. The molecular weight excluding hydrogens is 474 g/mol. The Balaban J connectivity index is 1.64. The van der Waals surface area contributed by atoms with Gasteiger partial charge in [-0.1, -0.05) is 30.3 Å². The summed E-state index contributed by atoms with van der Waals surface area (Å²) in [5.74, 6) is -0.362. The third kappa shape index (κ3) is 8.43. The molecule has 0 saturated carbocycles. The van der Waals surface area contributed by atoms with E-state index in [4.69, 9.17) is 0 Å². The average molecular weight is 515 g/mol. The number of thiophene rings is 1. The van der Waals surface area contributed by atoms with Crippen molar-refractivity contribution in [3.05, 3.63) is 51.7 Å². The van der Waals surface area contributed by atoms with Gasteiger partial charge in [-0.3, -0.25) is 14.4 Å². The lowest BCUT2D eigenvalue weighted by molar-refractivity contribution is -0.912. The summed E-state index contributed by atoms with van der Waals surface area (Å²) >= 11 is 1.34. The molecule has 0 spiro atoms. The van der Waals surface area contributed by atoms with Gasteiger partial charge in [-0.25, -0.2) is 0 Å². The van der Waals surface area contributed by atoms with Gasteiger partial charge < -0.3 is 25.8 Å². The second-order valence-corrected chi connectivity index (χ2v) is 10.5. The van der Waals surface area contributed by atoms with E-state index in [1.807, 2.05) is 49.7 Å². The van der Waals surface area contributed by atoms with Gasteiger partial charge >= 0.3 is 0 Å². The van der Waals surface area contributed by atoms with Gasteiger partial charge in [0.1, 0.15) is 4.88 Å². The van der Waals surface area contributed by atoms with Crippen molar-refractivity contribution in [2.75, 3.05) is 51.6 Å². The lowest BCUT2D eigenvalue weighted by atomic mass is 10.2. The van der Waals surface area contributed by atoms with Gasteiger partial charge in [-0.05, 0) is 69.1 Å². The lowest BCUT2D eigenvalue weighted by Gasteiger charge is -2.36. The molecule has 0 radical (unpaired) electrons. The molecule has 1 aromatic heterocycles. The summed E-state index contributed by atoms with van der Waals surface area (Å²) in [5, 5.41) is 13.9. The van der Waals surface area contributed by atoms with E-state index in [0.29, 0.717) is 28.1 Å². The van der Waals surface area contributed by atoms with Gasteiger partial charge in [0.2, 0.25) is 0 Å². The van der Waals surface area contributed by atoms with Gasteiger partial charge in [-0.15, -0.1) is 11.3 Å². The van der Waals surface area contributed by atoms with Crippen LogP contribution in [0.5, 0.6) is 0 Å². The summed E-state index contributed by atoms with van der Waals surface area (Å²) in [4.78, 5) is 39.5. The van der Waals surface area contributed by atoms with E-state index in [0.717, 1.165) is 62.9 Å². The highest BCUT2D eigenvalue weighted by atomic mass is 32.1. The zero-order chi connectivity index (χ0) is 25.8. The predicted octanol–water partition coefficient (Wildman–Crippen LogP) is 3.04. The van der Waals surface area contributed by atoms with Crippen molar-refractivity contribution in [3.63, 3.8) is 0 Å². The largest absolute Gasteiger partial charge is 0.351 e. The maximum Gasteiger partial charge on any atom is 0.279 e. The van der Waals surface area contributed by atoms with E-state index >= 15 is 0 Å². The number of quaternary nitrogens is 1. The van der Waals surface area contributed by atoms with Crippen LogP contribution in [0.3, 0.4) is 0 Å². The van der Waals surface area contributed by atoms with Crippen LogP contribution in [0, 0.1) is 6.92 Å². The summed E-state index contributed by atoms with van der Waals surface area (Å²) in [7, 11) is 1.88. The van der Waals surface area contributed by atoms with Crippen LogP contribution in [0.15, 0.2) is 35.7 Å². The minimum Gasteiger partial charge on any atom is -0.351 e. The van der Waals surface area contributed by atoms with E-state index in [9.17, 15) is 14.4 Å². The molecule has 8 nitrogen and oxygen atoms in total. The molecule has 1 aliphatic rings. The van der Waals surface area contributed by atoms with E-state index in [-0.39, 0.29) is 30.8 Å². The Labute approximate surface area is 218 Å². The number of carbonyl (C=O) groups is 3. The van der Waals surface area contributed by atoms with E-state index in [2.05, 4.69) is 21.3 Å². The van der Waals surface area contributed by atoms with Crippen LogP contribution in [0.25, 0.3) is 0 Å². The standard InChI is InChI=1S/C27H39N5O3S/c1-21-20-36-26(27(35)29-14-10-13-28-2)25(21)31-24(34)19-32(15-8-3-4-9-16-32)18-23(33)30-17-22-11-6-5-7-12-22/h5-7,11-12,20,28H,3-4,8-10,13-19H2,1-2H3,(H2-,29,30,31,33,34,35)/p+1. The molecule has 0 aliphatic carbocycles. The first kappa shape index (κ1) is 27.8. The Morgan fingerprint density at radius 3 is 2.31 bits per heavy atom. The molecule has 0 atom stereocenters. The smallest absolute Gasteiger partial charge is 0.279 e. The molecule has 2 aromatic rings. The van der Waals surface area contributed by atoms with E-state index in [1.165, 1.54) is 11.3 Å². The first-order valence-electron chi connectivity index (χ1n) is 12.9. The highest BCUT2D eigenvalue weighted by Gasteiger charge is 2.34. The Kier molecular flexibility index (Phi) is 10.9. The van der Waals surface area contributed by atoms with Gasteiger partial charge in [-0.2, -0.15) is 0 Å². The summed E-state index contributed by atoms with van der Waals surface area (Å²) < 4.78 is 0.446. The maximum atomic E-state index is 13.3. The van der Waals surface area contributed by atoms with Crippen molar-refractivity contribution in [1.82, 2.24) is 16.0 Å². The van der Waals surface area contributed by atoms with Gasteiger partial charge in [0.05, 0.1) is 18.8 Å². The van der Waals surface area contributed by atoms with Gasteiger partial charge in [0, 0.05) is 13.1 Å². The highest BCUT2D eigenvalue weighted by Crippen LogP contribution is 2.28. The number of rotatable bonds is 12. The van der Waals surface area contributed by atoms with Crippen molar-refractivity contribution < 1.29 is 18.9 Å². The fourth-order valence-electron chi connectivity index (χ4n) is 4.69. The van der Waals surface area contributed by atoms with Crippen molar-refractivity contribution in [3.8, 4) is 0 Å². The number of carbonyl (C=O) groups excluding carboxylic acids is 3. The fraction of sp³-hybridized carbons (Fsp3) is 0.519. The van der Waals surface area contributed by atoms with Crippen molar-refractivity contribution in [2.24, 2.45) is 0 Å². The van der Waals surface area contributed by atoms with Crippen molar-refractivity contribution in [2.45, 2.75) is 45.6 Å². The Bertz CT molecular complexity index is 1000. The molecule has 196 valence electrons. The first-order chi connectivity index (χ1) is 17.4. The summed E-state index contributed by atoms with van der Waals surface area (Å²) in [6, 6.07) is 9.84. The zero-order valence-electron chi connectivity index (χ0n) is 21.5. The van der Waals surface area contributed by atoms with Crippen LogP contribution in [-0.2, 0) is 16.1 Å². The molecule has 1 saturated heterocycles. The molecule has 0 unspecified atom stereocenters. The van der Waals surface area contributed by atoms with Crippen molar-refractivity contribution in [1.29, 1.82) is 0 Å². The van der Waals surface area contributed by atoms with Crippen LogP contribution in [0.2, 0.25) is 0 Å². The van der Waals surface area contributed by atoms with Gasteiger partial charge in [0.15, 0.2) is 13.1 Å². The number of nitrogens with one attached hydrogen (secondary N) is 4. The topological polar surface area (TPSA) is 99.3 Å². The lowest BCUT2D eigenvalue weighted by Crippen LogP contribution is -2.57. The number of benzene rings is 1. The number of hydrogen-bond acceptors (Lipinski definition) is 5. The normalized spacial score (nSPS) is 15.1. The molecule has 1 aromatic carbocycles. The minimum absolute atomic E-state index is 0.0399. The monoisotopic (exact) mass is 514 g/mol. The van der Waals surface area contributed by atoms with Gasteiger partial charge in [0.25, 0.3) is 17.7 Å². The number of nitrogens with zero attached hydrogens (tertiary/aromatic N) is 1. The van der Waals surface area contributed by atoms with Crippen LogP contribution >= 0.6 is 11.3 Å². The molecule has 36 heavy (non-hydrogen) atoms. The zero-order valence-corrected chi connectivity index (χ0v) is 22.3. The third-order valence-electron chi connectivity index (χ3n) is 6.64. The molecule has 3 amide bonds. The van der Waals surface area contributed by atoms with Crippen molar-refractivity contribution >= 4 is 34.7 Å². The summed E-state index contributed by atoms with van der Waals surface area (Å²) in [5.41, 5.74) is 2.50. The molecule has 9 heteroatoms. The number of anilines is 1. The molecule has 1 fully saturated rings. The molecule has 0 bridgehead atoms. The Hall–Kier alpha value is -2.75. The molecular formula is C27H40N5O3S+. The Morgan fingerprint density at radius 1 is 0.917 bits per heavy atom. The molecule has 1 aliphatic heterocycles. The van der Waals surface area contributed by atoms with Crippen LogP contribution < -0.4 is 21.3 Å². The molecule has 3 rings (SSSR count). The average Bonchev–Trinajstić information content (AvgIpc) is 3.07. The SMILES string of the molecule is CNCCCNC(=O)c1scc(C)c1NC(=O)C[N+]1(CC(=O)NCc2ccccc2)CCCCCC1. The fourth-order valence-corrected chi connectivity index (χ4v) is 5.61. The predicted molar refractivity (Wildman–Crippen MR) is 145 cm³/mol. The van der Waals surface area contributed by atoms with E-state index < -0.39 is 0 Å². The number of aryl methyl sites for hydroxylation is 1. The highest BCUT2D eigenvalue weighted by molar-refractivity contribution is 7.13. The van der Waals surface area contributed by atoms with Crippen LogP contribution in [0.4, 0.5) is 5.69 Å². The number of hydrogen-bond donors (Lipinski definition) is 4. The minimum atomic E-state index is -0.168. The summed E-state index contributed by atoms with van der Waals surface area (Å²) in [6.45, 7) is 5.87. The number of likely N-dealkylation sites (tertiary alicyclic amines) is 1. The second-order valence-electron chi connectivity index (χ2n) is 9.67.